The van der Waals surface area contributed by atoms with Gasteiger partial charge in [0.2, 0.25) is 0 Å². The Morgan fingerprint density at radius 3 is 1.35 bits per heavy atom. The van der Waals surface area contributed by atoms with Crippen molar-refractivity contribution in [2.75, 3.05) is 4.90 Å². The maximum Gasteiger partial charge on any atom is 0.0546 e. The van der Waals surface area contributed by atoms with E-state index in [1.54, 1.807) is 0 Å². The molecule has 0 aliphatic heterocycles. The van der Waals surface area contributed by atoms with Crippen LogP contribution in [0.3, 0.4) is 0 Å². The normalized spacial score (nSPS) is 11.2. The van der Waals surface area contributed by atoms with Crippen molar-refractivity contribution in [2.24, 2.45) is 0 Å². The third-order valence-corrected chi connectivity index (χ3v) is 12.3. The van der Waals surface area contributed by atoms with Gasteiger partial charge in [0.15, 0.2) is 0 Å². The van der Waals surface area contributed by atoms with E-state index in [1.165, 1.54) is 77.2 Å². The van der Waals surface area contributed by atoms with Crippen LogP contribution in [0.2, 0.25) is 0 Å². The molecule has 0 spiro atoms. The quantitative estimate of drug-likeness (QED) is 0.131. The maximum atomic E-state index is 2.48. The van der Waals surface area contributed by atoms with Gasteiger partial charge in [0.25, 0.3) is 0 Å². The zero-order valence-electron chi connectivity index (χ0n) is 34.8. The summed E-state index contributed by atoms with van der Waals surface area (Å²) in [6.45, 7) is 0. The average molecular weight is 802 g/mol. The molecule has 0 heterocycles. The molecule has 0 N–H and O–H groups in total. The van der Waals surface area contributed by atoms with Crippen LogP contribution >= 0.6 is 0 Å². The summed E-state index contributed by atoms with van der Waals surface area (Å²) >= 11 is 0. The predicted octanol–water partition coefficient (Wildman–Crippen LogP) is 17.5. The number of fused-ring (bicyclic) bond motifs is 3. The van der Waals surface area contributed by atoms with Crippen molar-refractivity contribution in [2.45, 2.75) is 0 Å². The Labute approximate surface area is 369 Å². The van der Waals surface area contributed by atoms with E-state index in [0.717, 1.165) is 28.2 Å². The summed E-state index contributed by atoms with van der Waals surface area (Å²) < 4.78 is 0. The van der Waals surface area contributed by atoms with Gasteiger partial charge in [-0.25, -0.2) is 0 Å². The molecule has 0 aromatic heterocycles. The number of rotatable bonds is 9. The second-order valence-corrected chi connectivity index (χ2v) is 16.0. The molecule has 11 aromatic rings. The fourth-order valence-corrected chi connectivity index (χ4v) is 9.32. The highest BCUT2D eigenvalue weighted by atomic mass is 15.1. The number of anilines is 3. The highest BCUT2D eigenvalue weighted by molar-refractivity contribution is 6.14. The first-order valence-corrected chi connectivity index (χ1v) is 21.7. The standard InChI is InChI=1S/C62H43N/c1-4-19-44(20-5-1)45-35-37-48(38-36-45)54-28-16-17-33-60(54)63(51-41-39-49(40-42-51)59-43-50-25-10-11-27-53(50)56-29-13-14-30-57(56)59)61-34-18-32-55(47-23-8-3-9-24-47)62(61)58-31-15-12-26-52(58)46-21-6-2-7-22-46/h1-43H. The molecule has 0 saturated heterocycles. The van der Waals surface area contributed by atoms with Crippen LogP contribution in [0.1, 0.15) is 0 Å². The molecule has 0 aliphatic rings. The van der Waals surface area contributed by atoms with Gasteiger partial charge in [0.05, 0.1) is 11.4 Å². The molecule has 0 bridgehead atoms. The lowest BCUT2D eigenvalue weighted by Gasteiger charge is -2.31. The summed E-state index contributed by atoms with van der Waals surface area (Å²) in [6, 6.07) is 94.7. The predicted molar refractivity (Wildman–Crippen MR) is 269 cm³/mol. The Morgan fingerprint density at radius 2 is 0.651 bits per heavy atom. The summed E-state index contributed by atoms with van der Waals surface area (Å²) in [5.41, 5.74) is 17.4. The number of nitrogens with zero attached hydrogens (tertiary/aromatic N) is 1. The number of hydrogen-bond donors (Lipinski definition) is 0. The van der Waals surface area contributed by atoms with Crippen molar-refractivity contribution >= 4 is 38.6 Å². The summed E-state index contributed by atoms with van der Waals surface area (Å²) in [5, 5.41) is 5.03. The summed E-state index contributed by atoms with van der Waals surface area (Å²) in [7, 11) is 0. The first-order valence-electron chi connectivity index (χ1n) is 21.7. The molecule has 0 aliphatic carbocycles. The molecule has 0 atom stereocenters. The van der Waals surface area contributed by atoms with Crippen LogP contribution in [0.5, 0.6) is 0 Å². The number of hydrogen-bond acceptors (Lipinski definition) is 1. The van der Waals surface area contributed by atoms with Gasteiger partial charge in [-0.05, 0) is 108 Å². The van der Waals surface area contributed by atoms with E-state index in [1.807, 2.05) is 0 Å². The van der Waals surface area contributed by atoms with Crippen molar-refractivity contribution in [1.82, 2.24) is 0 Å². The van der Waals surface area contributed by atoms with Crippen LogP contribution in [0, 0.1) is 0 Å². The monoisotopic (exact) mass is 801 g/mol. The molecule has 11 aromatic carbocycles. The van der Waals surface area contributed by atoms with Gasteiger partial charge < -0.3 is 4.90 Å². The van der Waals surface area contributed by atoms with Crippen molar-refractivity contribution in [1.29, 1.82) is 0 Å². The van der Waals surface area contributed by atoms with E-state index in [2.05, 4.69) is 266 Å². The molecular formula is C62H43N. The second-order valence-electron chi connectivity index (χ2n) is 16.0. The molecule has 0 amide bonds. The van der Waals surface area contributed by atoms with E-state index >= 15 is 0 Å². The topological polar surface area (TPSA) is 3.24 Å². The molecule has 0 fully saturated rings. The highest BCUT2D eigenvalue weighted by Crippen LogP contribution is 2.50. The maximum absolute atomic E-state index is 2.48. The lowest BCUT2D eigenvalue weighted by Crippen LogP contribution is -2.13. The zero-order valence-corrected chi connectivity index (χ0v) is 34.8. The first-order chi connectivity index (χ1) is 31.3. The minimum Gasteiger partial charge on any atom is -0.309 e. The van der Waals surface area contributed by atoms with E-state index < -0.39 is 0 Å². The van der Waals surface area contributed by atoms with E-state index in [0.29, 0.717) is 0 Å². The molecule has 1 nitrogen and oxygen atoms in total. The van der Waals surface area contributed by atoms with Gasteiger partial charge in [0, 0.05) is 16.8 Å². The Bertz CT molecular complexity index is 3350. The minimum absolute atomic E-state index is 1.07. The molecule has 0 saturated carbocycles. The first kappa shape index (κ1) is 37.7. The lowest BCUT2D eigenvalue weighted by molar-refractivity contribution is 1.28. The van der Waals surface area contributed by atoms with Crippen molar-refractivity contribution in [3.05, 3.63) is 261 Å². The molecule has 63 heavy (non-hydrogen) atoms. The van der Waals surface area contributed by atoms with Crippen molar-refractivity contribution in [3.63, 3.8) is 0 Å². The smallest absolute Gasteiger partial charge is 0.0546 e. The number of para-hydroxylation sites is 1. The molecule has 0 unspecified atom stereocenters. The number of benzene rings is 11. The van der Waals surface area contributed by atoms with Gasteiger partial charge in [-0.2, -0.15) is 0 Å². The van der Waals surface area contributed by atoms with E-state index in [-0.39, 0.29) is 0 Å². The Balaban J connectivity index is 1.15. The van der Waals surface area contributed by atoms with Gasteiger partial charge >= 0.3 is 0 Å². The van der Waals surface area contributed by atoms with Gasteiger partial charge in [-0.3, -0.25) is 0 Å². The van der Waals surface area contributed by atoms with Gasteiger partial charge in [0.1, 0.15) is 0 Å². The molecule has 0 radical (unpaired) electrons. The average Bonchev–Trinajstić information content (AvgIpc) is 3.37. The van der Waals surface area contributed by atoms with Crippen LogP contribution in [0.4, 0.5) is 17.1 Å². The fourth-order valence-electron chi connectivity index (χ4n) is 9.32. The van der Waals surface area contributed by atoms with Gasteiger partial charge in [-0.15, -0.1) is 0 Å². The second kappa shape index (κ2) is 16.7. The van der Waals surface area contributed by atoms with E-state index in [9.17, 15) is 0 Å². The Hall–Kier alpha value is -8.26. The molecule has 296 valence electrons. The van der Waals surface area contributed by atoms with Crippen LogP contribution < -0.4 is 4.90 Å². The molecule has 1 heteroatoms. The third kappa shape index (κ3) is 7.16. The summed E-state index contributed by atoms with van der Waals surface area (Å²) in [4.78, 5) is 2.48. The zero-order chi connectivity index (χ0) is 42.0. The Kier molecular flexibility index (Phi) is 9.97. The Morgan fingerprint density at radius 1 is 0.222 bits per heavy atom. The van der Waals surface area contributed by atoms with Gasteiger partial charge in [-0.1, -0.05) is 231 Å². The molecule has 11 rings (SSSR count). The van der Waals surface area contributed by atoms with Crippen molar-refractivity contribution < 1.29 is 0 Å². The SMILES string of the molecule is c1ccc(-c2ccc(-c3ccccc3N(c3ccc(-c4cc5ccccc5c5ccccc45)cc3)c3cccc(-c4ccccc4)c3-c3ccccc3-c3ccccc3)cc2)cc1. The fraction of sp³-hybridized carbons (Fsp3) is 0. The van der Waals surface area contributed by atoms with E-state index in [4.69, 9.17) is 0 Å². The third-order valence-electron chi connectivity index (χ3n) is 12.3. The van der Waals surface area contributed by atoms with Crippen LogP contribution in [-0.4, -0.2) is 0 Å². The largest absolute Gasteiger partial charge is 0.309 e. The minimum atomic E-state index is 1.07. The lowest BCUT2D eigenvalue weighted by atomic mass is 9.87. The van der Waals surface area contributed by atoms with Crippen molar-refractivity contribution in [3.8, 4) is 66.8 Å². The van der Waals surface area contributed by atoms with Crippen LogP contribution in [0.25, 0.3) is 88.3 Å². The summed E-state index contributed by atoms with van der Waals surface area (Å²) in [6.07, 6.45) is 0. The highest BCUT2D eigenvalue weighted by Gasteiger charge is 2.25. The van der Waals surface area contributed by atoms with Crippen LogP contribution in [-0.2, 0) is 0 Å². The molecular weight excluding hydrogens is 759 g/mol. The summed E-state index contributed by atoms with van der Waals surface area (Å²) in [5.74, 6) is 0. The van der Waals surface area contributed by atoms with Crippen LogP contribution in [0.15, 0.2) is 261 Å².